The van der Waals surface area contributed by atoms with E-state index in [4.69, 9.17) is 11.0 Å². The number of benzene rings is 1. The lowest BCUT2D eigenvalue weighted by Gasteiger charge is -2.01. The van der Waals surface area contributed by atoms with E-state index >= 15 is 0 Å². The van der Waals surface area contributed by atoms with Crippen LogP contribution >= 0.6 is 15.9 Å². The predicted molar refractivity (Wildman–Crippen MR) is 60.0 cm³/mol. The average Bonchev–Trinajstić information content (AvgIpc) is 2.23. The first-order chi connectivity index (χ1) is 7.54. The largest absolute Gasteiger partial charge is 0.364 e. The Labute approximate surface area is 98.9 Å². The first-order valence-corrected chi connectivity index (χ1v) is 4.82. The predicted octanol–water partition coefficient (Wildman–Crippen LogP) is 1.36. The fourth-order valence-electron chi connectivity index (χ4n) is 0.821. The quantitative estimate of drug-likeness (QED) is 0.649. The van der Waals surface area contributed by atoms with Crippen LogP contribution < -0.4 is 11.2 Å². The molecule has 82 valence electrons. The highest BCUT2D eigenvalue weighted by Gasteiger charge is 2.05. The van der Waals surface area contributed by atoms with Gasteiger partial charge in [-0.2, -0.15) is 10.4 Å². The molecule has 0 radical (unpaired) electrons. The highest BCUT2D eigenvalue weighted by molar-refractivity contribution is 9.10. The van der Waals surface area contributed by atoms with Crippen molar-refractivity contribution in [3.8, 4) is 6.07 Å². The normalized spacial score (nSPS) is 10.7. The molecule has 7 heteroatoms. The van der Waals surface area contributed by atoms with Crippen molar-refractivity contribution in [2.75, 3.05) is 5.43 Å². The molecule has 1 aromatic rings. The van der Waals surface area contributed by atoms with Crippen molar-refractivity contribution in [3.63, 3.8) is 0 Å². The molecule has 0 aliphatic rings. The highest BCUT2D eigenvalue weighted by Crippen LogP contribution is 2.19. The third-order valence-corrected chi connectivity index (χ3v) is 2.20. The number of nitrogens with zero attached hydrogens (tertiary/aromatic N) is 2. The van der Waals surface area contributed by atoms with Gasteiger partial charge in [0, 0.05) is 6.07 Å². The molecule has 0 fully saturated rings. The van der Waals surface area contributed by atoms with Crippen LogP contribution in [0.15, 0.2) is 27.8 Å². The first-order valence-electron chi connectivity index (χ1n) is 4.03. The summed E-state index contributed by atoms with van der Waals surface area (Å²) in [4.78, 5) is 10.6. The summed E-state index contributed by atoms with van der Waals surface area (Å²) in [5, 5.41) is 11.9. The van der Waals surface area contributed by atoms with Gasteiger partial charge >= 0.3 is 0 Å². The molecule has 0 bridgehead atoms. The van der Waals surface area contributed by atoms with E-state index in [1.807, 2.05) is 0 Å². The second-order valence-electron chi connectivity index (χ2n) is 2.68. The van der Waals surface area contributed by atoms with Gasteiger partial charge in [0.1, 0.15) is 11.9 Å². The Morgan fingerprint density at radius 3 is 2.81 bits per heavy atom. The van der Waals surface area contributed by atoms with Crippen LogP contribution in [0.2, 0.25) is 0 Å². The van der Waals surface area contributed by atoms with Crippen molar-refractivity contribution in [1.29, 1.82) is 5.26 Å². The molecule has 5 nitrogen and oxygen atoms in total. The number of primary amides is 1. The van der Waals surface area contributed by atoms with Crippen LogP contribution in [0.25, 0.3) is 0 Å². The Morgan fingerprint density at radius 2 is 2.31 bits per heavy atom. The number of rotatable bonds is 3. The molecule has 0 aliphatic heterocycles. The van der Waals surface area contributed by atoms with E-state index in [0.29, 0.717) is 10.2 Å². The van der Waals surface area contributed by atoms with Gasteiger partial charge in [0.15, 0.2) is 0 Å². The molecule has 0 spiro atoms. The van der Waals surface area contributed by atoms with E-state index < -0.39 is 17.4 Å². The summed E-state index contributed by atoms with van der Waals surface area (Å²) < 4.78 is 13.4. The van der Waals surface area contributed by atoms with Gasteiger partial charge in [-0.1, -0.05) is 0 Å². The maximum Gasteiger partial charge on any atom is 0.280 e. The second-order valence-corrected chi connectivity index (χ2v) is 3.53. The van der Waals surface area contributed by atoms with Crippen molar-refractivity contribution >= 4 is 33.2 Å². The minimum atomic E-state index is -0.951. The molecule has 1 amide bonds. The Hall–Kier alpha value is -1.94. The van der Waals surface area contributed by atoms with Gasteiger partial charge in [-0.3, -0.25) is 10.2 Å². The number of hydrogen-bond donors (Lipinski definition) is 2. The van der Waals surface area contributed by atoms with Crippen LogP contribution in [-0.4, -0.2) is 11.6 Å². The Morgan fingerprint density at radius 1 is 1.62 bits per heavy atom. The molecule has 0 unspecified atom stereocenters. The number of nitrogens with two attached hydrogens (primary N) is 1. The third kappa shape index (κ3) is 3.03. The number of carbonyl (C=O) groups is 1. The molecule has 1 rings (SSSR count). The first kappa shape index (κ1) is 12.1. The van der Waals surface area contributed by atoms with E-state index in [-0.39, 0.29) is 0 Å². The smallest absolute Gasteiger partial charge is 0.280 e. The molecular formula is C9H6BrFN4O. The summed E-state index contributed by atoms with van der Waals surface area (Å²) in [6.07, 6.45) is 0. The van der Waals surface area contributed by atoms with Crippen LogP contribution in [0.4, 0.5) is 10.1 Å². The van der Waals surface area contributed by atoms with Crippen LogP contribution in [0.3, 0.4) is 0 Å². The van der Waals surface area contributed by atoms with Gasteiger partial charge in [0.05, 0.1) is 10.2 Å². The maximum absolute atomic E-state index is 13.1. The molecule has 1 aromatic carbocycles. The molecule has 0 atom stereocenters. The van der Waals surface area contributed by atoms with Crippen molar-refractivity contribution in [1.82, 2.24) is 0 Å². The fraction of sp³-hybridized carbons (Fsp3) is 0. The lowest BCUT2D eigenvalue weighted by atomic mass is 10.3. The third-order valence-electron chi connectivity index (χ3n) is 1.56. The van der Waals surface area contributed by atoms with Crippen LogP contribution in [0, 0.1) is 17.1 Å². The fourth-order valence-corrected chi connectivity index (χ4v) is 1.07. The van der Waals surface area contributed by atoms with Gasteiger partial charge in [0.25, 0.3) is 5.91 Å². The van der Waals surface area contributed by atoms with Gasteiger partial charge < -0.3 is 5.73 Å². The van der Waals surface area contributed by atoms with Crippen molar-refractivity contribution < 1.29 is 9.18 Å². The summed E-state index contributed by atoms with van der Waals surface area (Å²) >= 11 is 2.98. The standard InChI is InChI=1S/C9H6BrFN4O/c10-6-2-1-5(3-7(6)11)14-15-8(4-12)9(13)16/h1-3,14H,(H2,13,16)/b15-8+. The molecule has 3 N–H and O–H groups in total. The van der Waals surface area contributed by atoms with Gasteiger partial charge in [0.2, 0.25) is 5.71 Å². The Bertz CT molecular complexity index is 495. The number of nitriles is 1. The van der Waals surface area contributed by atoms with E-state index in [9.17, 15) is 9.18 Å². The van der Waals surface area contributed by atoms with Gasteiger partial charge in [-0.25, -0.2) is 4.39 Å². The van der Waals surface area contributed by atoms with E-state index in [2.05, 4.69) is 26.5 Å². The molecule has 16 heavy (non-hydrogen) atoms. The summed E-state index contributed by atoms with van der Waals surface area (Å²) in [7, 11) is 0. The Kier molecular flexibility index (Phi) is 3.96. The summed E-state index contributed by atoms with van der Waals surface area (Å²) in [5.74, 6) is -1.44. The number of hydrazone groups is 1. The van der Waals surface area contributed by atoms with Crippen LogP contribution in [-0.2, 0) is 4.79 Å². The minimum Gasteiger partial charge on any atom is -0.364 e. The van der Waals surface area contributed by atoms with Crippen LogP contribution in [0.5, 0.6) is 0 Å². The summed E-state index contributed by atoms with van der Waals surface area (Å²) in [5.41, 5.74) is 7.02. The summed E-state index contributed by atoms with van der Waals surface area (Å²) in [6, 6.07) is 5.65. The highest BCUT2D eigenvalue weighted by atomic mass is 79.9. The van der Waals surface area contributed by atoms with Gasteiger partial charge in [-0.05, 0) is 28.1 Å². The number of hydrogen-bond acceptors (Lipinski definition) is 4. The zero-order valence-electron chi connectivity index (χ0n) is 7.87. The Balaban J connectivity index is 2.86. The van der Waals surface area contributed by atoms with Crippen LogP contribution in [0.1, 0.15) is 0 Å². The van der Waals surface area contributed by atoms with Crippen molar-refractivity contribution in [2.24, 2.45) is 10.8 Å². The van der Waals surface area contributed by atoms with Gasteiger partial charge in [-0.15, -0.1) is 0 Å². The molecular weight excluding hydrogens is 279 g/mol. The second kappa shape index (κ2) is 5.23. The number of halogens is 2. The monoisotopic (exact) mass is 284 g/mol. The maximum atomic E-state index is 13.1. The number of nitrogens with one attached hydrogen (secondary N) is 1. The number of anilines is 1. The zero-order valence-corrected chi connectivity index (χ0v) is 9.45. The lowest BCUT2D eigenvalue weighted by molar-refractivity contribution is -0.111. The number of amides is 1. The topological polar surface area (TPSA) is 91.3 Å². The lowest BCUT2D eigenvalue weighted by Crippen LogP contribution is -2.22. The zero-order chi connectivity index (χ0) is 12.1. The van der Waals surface area contributed by atoms with Crippen molar-refractivity contribution in [2.45, 2.75) is 0 Å². The molecule has 0 aliphatic carbocycles. The number of carbonyl (C=O) groups excluding carboxylic acids is 1. The van der Waals surface area contributed by atoms with E-state index in [1.165, 1.54) is 18.2 Å². The summed E-state index contributed by atoms with van der Waals surface area (Å²) in [6.45, 7) is 0. The molecule has 0 saturated carbocycles. The van der Waals surface area contributed by atoms with Crippen molar-refractivity contribution in [3.05, 3.63) is 28.5 Å². The SMILES string of the molecule is N#C/C(=N\Nc1ccc(Br)c(F)c1)C(N)=O. The van der Waals surface area contributed by atoms with E-state index in [1.54, 1.807) is 0 Å². The molecule has 0 aromatic heterocycles. The molecule has 0 heterocycles. The minimum absolute atomic E-state index is 0.301. The van der Waals surface area contributed by atoms with E-state index in [0.717, 1.165) is 6.07 Å². The molecule has 0 saturated heterocycles. The average molecular weight is 285 g/mol.